The molecule has 2 heteroatoms. The Hall–Kier alpha value is -0.660. The molecule has 0 amide bonds. The molecule has 0 saturated carbocycles. The Kier molecular flexibility index (Phi) is 5.60. The molecule has 0 spiro atoms. The first-order valence-corrected chi connectivity index (χ1v) is 4.69. The van der Waals surface area contributed by atoms with Gasteiger partial charge in [0.25, 0.3) is 0 Å². The number of hydrogen-bond acceptors (Lipinski definition) is 2. The molecule has 0 rings (SSSR count). The standard InChI is InChI=1S/C10H20N2/c1-4-5-6-7-10(8(2)11)9(3)12/h10-12H,4-7H2,1-3H3. The van der Waals surface area contributed by atoms with Gasteiger partial charge in [0.1, 0.15) is 0 Å². The minimum atomic E-state index is 0.108. The van der Waals surface area contributed by atoms with Crippen LogP contribution in [0.3, 0.4) is 0 Å². The van der Waals surface area contributed by atoms with Crippen molar-refractivity contribution in [2.45, 2.75) is 46.5 Å². The molecule has 70 valence electrons. The van der Waals surface area contributed by atoms with Gasteiger partial charge in [-0.2, -0.15) is 0 Å². The van der Waals surface area contributed by atoms with Gasteiger partial charge in [0.2, 0.25) is 0 Å². The van der Waals surface area contributed by atoms with Crippen LogP contribution in [-0.4, -0.2) is 11.4 Å². The van der Waals surface area contributed by atoms with E-state index in [1.165, 1.54) is 12.8 Å². The van der Waals surface area contributed by atoms with Crippen LogP contribution in [0.2, 0.25) is 0 Å². The summed E-state index contributed by atoms with van der Waals surface area (Å²) >= 11 is 0. The summed E-state index contributed by atoms with van der Waals surface area (Å²) in [6, 6.07) is 0. The Balaban J connectivity index is 3.80. The third kappa shape index (κ3) is 4.27. The summed E-state index contributed by atoms with van der Waals surface area (Å²) in [5, 5.41) is 15.0. The highest BCUT2D eigenvalue weighted by Gasteiger charge is 2.12. The lowest BCUT2D eigenvalue weighted by molar-refractivity contribution is 0.639. The normalized spacial score (nSPS) is 12.6. The molecule has 12 heavy (non-hydrogen) atoms. The first kappa shape index (κ1) is 11.3. The van der Waals surface area contributed by atoms with E-state index in [1.807, 2.05) is 0 Å². The first-order chi connectivity index (χ1) is 5.59. The van der Waals surface area contributed by atoms with Crippen molar-refractivity contribution in [3.8, 4) is 0 Å². The lowest BCUT2D eigenvalue weighted by Gasteiger charge is -2.13. The highest BCUT2D eigenvalue weighted by atomic mass is 14.5. The summed E-state index contributed by atoms with van der Waals surface area (Å²) in [4.78, 5) is 0. The molecule has 0 aliphatic heterocycles. The van der Waals surface area contributed by atoms with Crippen LogP contribution in [0, 0.1) is 16.7 Å². The molecule has 0 fully saturated rings. The van der Waals surface area contributed by atoms with Gasteiger partial charge >= 0.3 is 0 Å². The fourth-order valence-corrected chi connectivity index (χ4v) is 1.36. The van der Waals surface area contributed by atoms with Crippen LogP contribution in [-0.2, 0) is 0 Å². The second-order valence-corrected chi connectivity index (χ2v) is 3.41. The molecule has 2 nitrogen and oxygen atoms in total. The van der Waals surface area contributed by atoms with Crippen molar-refractivity contribution in [1.29, 1.82) is 10.8 Å². The molecule has 0 saturated heterocycles. The molecular formula is C10H20N2. The van der Waals surface area contributed by atoms with Crippen LogP contribution < -0.4 is 0 Å². The smallest absolute Gasteiger partial charge is 0.0337 e. The van der Waals surface area contributed by atoms with Gasteiger partial charge in [0, 0.05) is 17.3 Å². The summed E-state index contributed by atoms with van der Waals surface area (Å²) in [7, 11) is 0. The zero-order valence-corrected chi connectivity index (χ0v) is 8.41. The minimum absolute atomic E-state index is 0.108. The monoisotopic (exact) mass is 168 g/mol. The maximum absolute atomic E-state index is 7.48. The van der Waals surface area contributed by atoms with Gasteiger partial charge in [0.05, 0.1) is 0 Å². The van der Waals surface area contributed by atoms with Crippen molar-refractivity contribution in [2.75, 3.05) is 0 Å². The Bertz CT molecular complexity index is 147. The van der Waals surface area contributed by atoms with E-state index in [-0.39, 0.29) is 5.92 Å². The third-order valence-electron chi connectivity index (χ3n) is 2.14. The number of rotatable bonds is 6. The fourth-order valence-electron chi connectivity index (χ4n) is 1.36. The van der Waals surface area contributed by atoms with Gasteiger partial charge in [-0.3, -0.25) is 0 Å². The average Bonchev–Trinajstić information content (AvgIpc) is 1.96. The fraction of sp³-hybridized carbons (Fsp3) is 0.800. The average molecular weight is 168 g/mol. The highest BCUT2D eigenvalue weighted by Crippen LogP contribution is 2.12. The lowest BCUT2D eigenvalue weighted by Crippen LogP contribution is -2.17. The molecular weight excluding hydrogens is 148 g/mol. The van der Waals surface area contributed by atoms with Crippen LogP contribution in [0.5, 0.6) is 0 Å². The van der Waals surface area contributed by atoms with Crippen LogP contribution in [0.25, 0.3) is 0 Å². The van der Waals surface area contributed by atoms with Crippen molar-refractivity contribution in [2.24, 2.45) is 5.92 Å². The summed E-state index contributed by atoms with van der Waals surface area (Å²) < 4.78 is 0. The van der Waals surface area contributed by atoms with Crippen molar-refractivity contribution < 1.29 is 0 Å². The molecule has 2 N–H and O–H groups in total. The van der Waals surface area contributed by atoms with Gasteiger partial charge < -0.3 is 10.8 Å². The molecule has 0 aromatic rings. The van der Waals surface area contributed by atoms with E-state index in [2.05, 4.69) is 6.92 Å². The van der Waals surface area contributed by atoms with E-state index in [4.69, 9.17) is 10.8 Å². The van der Waals surface area contributed by atoms with E-state index in [1.54, 1.807) is 13.8 Å². The van der Waals surface area contributed by atoms with Crippen molar-refractivity contribution in [1.82, 2.24) is 0 Å². The van der Waals surface area contributed by atoms with E-state index < -0.39 is 0 Å². The molecule has 0 aromatic heterocycles. The second kappa shape index (κ2) is 5.92. The van der Waals surface area contributed by atoms with Crippen LogP contribution >= 0.6 is 0 Å². The molecule has 0 aliphatic carbocycles. The quantitative estimate of drug-likeness (QED) is 0.452. The minimum Gasteiger partial charge on any atom is -0.309 e. The van der Waals surface area contributed by atoms with Crippen molar-refractivity contribution in [3.05, 3.63) is 0 Å². The second-order valence-electron chi connectivity index (χ2n) is 3.41. The van der Waals surface area contributed by atoms with Gasteiger partial charge in [-0.05, 0) is 20.3 Å². The van der Waals surface area contributed by atoms with Crippen molar-refractivity contribution in [3.63, 3.8) is 0 Å². The maximum Gasteiger partial charge on any atom is 0.0337 e. The molecule has 0 heterocycles. The summed E-state index contributed by atoms with van der Waals surface area (Å²) in [6.45, 7) is 5.77. The SMILES string of the molecule is CCCCCC(C(C)=N)C(C)=N. The number of unbranched alkanes of at least 4 members (excludes halogenated alkanes) is 2. The Labute approximate surface area is 75.4 Å². The Morgan fingerprint density at radius 1 is 1.08 bits per heavy atom. The third-order valence-corrected chi connectivity index (χ3v) is 2.14. The van der Waals surface area contributed by atoms with Crippen LogP contribution in [0.1, 0.15) is 46.5 Å². The summed E-state index contributed by atoms with van der Waals surface area (Å²) in [5.41, 5.74) is 1.28. The molecule has 0 aliphatic rings. The first-order valence-electron chi connectivity index (χ1n) is 4.69. The van der Waals surface area contributed by atoms with Gasteiger partial charge in [-0.25, -0.2) is 0 Å². The van der Waals surface area contributed by atoms with E-state index in [0.29, 0.717) is 11.4 Å². The number of hydrogen-bond donors (Lipinski definition) is 2. The highest BCUT2D eigenvalue weighted by molar-refractivity contribution is 6.02. The van der Waals surface area contributed by atoms with Crippen LogP contribution in [0.15, 0.2) is 0 Å². The van der Waals surface area contributed by atoms with E-state index in [0.717, 1.165) is 12.8 Å². The van der Waals surface area contributed by atoms with E-state index >= 15 is 0 Å². The largest absolute Gasteiger partial charge is 0.309 e. The van der Waals surface area contributed by atoms with Gasteiger partial charge in [-0.15, -0.1) is 0 Å². The van der Waals surface area contributed by atoms with Gasteiger partial charge in [-0.1, -0.05) is 26.2 Å². The molecule has 0 unspecified atom stereocenters. The molecule has 0 atom stereocenters. The predicted molar refractivity (Wildman–Crippen MR) is 54.4 cm³/mol. The van der Waals surface area contributed by atoms with E-state index in [9.17, 15) is 0 Å². The summed E-state index contributed by atoms with van der Waals surface area (Å²) in [5.74, 6) is 0.108. The predicted octanol–water partition coefficient (Wildman–Crippen LogP) is 3.26. The maximum atomic E-state index is 7.48. The number of nitrogens with one attached hydrogen (secondary N) is 2. The summed E-state index contributed by atoms with van der Waals surface area (Å²) in [6.07, 6.45) is 4.56. The van der Waals surface area contributed by atoms with Crippen molar-refractivity contribution >= 4 is 11.4 Å². The zero-order valence-electron chi connectivity index (χ0n) is 8.41. The zero-order chi connectivity index (χ0) is 9.56. The van der Waals surface area contributed by atoms with Crippen LogP contribution in [0.4, 0.5) is 0 Å². The Morgan fingerprint density at radius 3 is 1.92 bits per heavy atom. The Morgan fingerprint density at radius 2 is 1.58 bits per heavy atom. The molecule has 0 aromatic carbocycles. The topological polar surface area (TPSA) is 47.7 Å². The molecule has 0 radical (unpaired) electrons. The lowest BCUT2D eigenvalue weighted by atomic mass is 9.93. The molecule has 0 bridgehead atoms. The van der Waals surface area contributed by atoms with Gasteiger partial charge in [0.15, 0.2) is 0 Å².